The first-order chi connectivity index (χ1) is 10.4. The van der Waals surface area contributed by atoms with Crippen LogP contribution in [0.4, 0.5) is 0 Å². The molecule has 0 bridgehead atoms. The quantitative estimate of drug-likeness (QED) is 0.169. The molecule has 0 aliphatic rings. The summed E-state index contributed by atoms with van der Waals surface area (Å²) < 4.78 is 0. The third-order valence-corrected chi connectivity index (χ3v) is 3.24. The standard InChI is InChI=1S/C19H31NO/c1-2-3-4-5-6-7-8-9-10-11-12-13-14-15-16-17-18-20-19-21/h3-4,6-7,9-10H,2,5,8,11-18H2,1H3/b4-3-,7-6-,10-9-. The van der Waals surface area contributed by atoms with Crippen LogP contribution in [-0.2, 0) is 4.79 Å². The summed E-state index contributed by atoms with van der Waals surface area (Å²) in [6.07, 6.45) is 26.8. The van der Waals surface area contributed by atoms with E-state index in [1.807, 2.05) is 0 Å². The van der Waals surface area contributed by atoms with Crippen molar-refractivity contribution in [3.8, 4) is 0 Å². The minimum absolute atomic E-state index is 0.647. The van der Waals surface area contributed by atoms with Gasteiger partial charge in [0.2, 0.25) is 6.08 Å². The number of rotatable bonds is 14. The molecule has 0 unspecified atom stereocenters. The van der Waals surface area contributed by atoms with Crippen molar-refractivity contribution in [2.45, 2.75) is 71.1 Å². The van der Waals surface area contributed by atoms with Crippen molar-refractivity contribution < 1.29 is 4.79 Å². The van der Waals surface area contributed by atoms with Crippen molar-refractivity contribution in [2.24, 2.45) is 4.99 Å². The fourth-order valence-electron chi connectivity index (χ4n) is 2.03. The molecule has 0 aromatic heterocycles. The van der Waals surface area contributed by atoms with Gasteiger partial charge in [-0.1, -0.05) is 69.1 Å². The van der Waals surface area contributed by atoms with Crippen molar-refractivity contribution in [1.29, 1.82) is 0 Å². The van der Waals surface area contributed by atoms with Gasteiger partial charge in [-0.15, -0.1) is 0 Å². The van der Waals surface area contributed by atoms with Crippen molar-refractivity contribution in [1.82, 2.24) is 0 Å². The Bertz CT molecular complexity index is 335. The Morgan fingerprint density at radius 3 is 2.00 bits per heavy atom. The minimum Gasteiger partial charge on any atom is -0.211 e. The van der Waals surface area contributed by atoms with Gasteiger partial charge in [0, 0.05) is 0 Å². The van der Waals surface area contributed by atoms with Gasteiger partial charge in [-0.05, 0) is 38.5 Å². The Kier molecular flexibility index (Phi) is 17.4. The fourth-order valence-corrected chi connectivity index (χ4v) is 2.03. The van der Waals surface area contributed by atoms with E-state index >= 15 is 0 Å². The van der Waals surface area contributed by atoms with Crippen LogP contribution in [0, 0.1) is 0 Å². The number of hydrogen-bond donors (Lipinski definition) is 0. The van der Waals surface area contributed by atoms with Gasteiger partial charge >= 0.3 is 0 Å². The Morgan fingerprint density at radius 1 is 0.762 bits per heavy atom. The predicted molar refractivity (Wildman–Crippen MR) is 92.3 cm³/mol. The maximum atomic E-state index is 9.86. The van der Waals surface area contributed by atoms with Gasteiger partial charge in [-0.3, -0.25) is 0 Å². The first-order valence-corrected chi connectivity index (χ1v) is 8.40. The number of hydrogen-bond acceptors (Lipinski definition) is 2. The molecule has 0 radical (unpaired) electrons. The van der Waals surface area contributed by atoms with Crippen LogP contribution >= 0.6 is 0 Å². The molecule has 0 amide bonds. The molecule has 0 N–H and O–H groups in total. The fraction of sp³-hybridized carbons (Fsp3) is 0.632. The van der Waals surface area contributed by atoms with E-state index in [4.69, 9.17) is 0 Å². The largest absolute Gasteiger partial charge is 0.234 e. The van der Waals surface area contributed by atoms with Crippen LogP contribution in [-0.4, -0.2) is 12.6 Å². The summed E-state index contributed by atoms with van der Waals surface area (Å²) >= 11 is 0. The summed E-state index contributed by atoms with van der Waals surface area (Å²) in [5.74, 6) is 0. The monoisotopic (exact) mass is 289 g/mol. The normalized spacial score (nSPS) is 11.7. The molecule has 2 nitrogen and oxygen atoms in total. The van der Waals surface area contributed by atoms with Crippen LogP contribution in [0.2, 0.25) is 0 Å². The maximum absolute atomic E-state index is 9.86. The molecule has 0 heterocycles. The maximum Gasteiger partial charge on any atom is 0.234 e. The zero-order chi connectivity index (χ0) is 15.4. The van der Waals surface area contributed by atoms with Crippen LogP contribution in [0.25, 0.3) is 0 Å². The lowest BCUT2D eigenvalue weighted by molar-refractivity contribution is 0.559. The van der Waals surface area contributed by atoms with Crippen LogP contribution in [0.15, 0.2) is 41.4 Å². The van der Waals surface area contributed by atoms with Gasteiger partial charge in [0.1, 0.15) is 0 Å². The second kappa shape index (κ2) is 18.6. The van der Waals surface area contributed by atoms with E-state index in [0.717, 1.165) is 25.7 Å². The zero-order valence-corrected chi connectivity index (χ0v) is 13.6. The van der Waals surface area contributed by atoms with E-state index in [1.165, 1.54) is 38.5 Å². The molecule has 0 rings (SSSR count). The first kappa shape index (κ1) is 19.6. The van der Waals surface area contributed by atoms with Crippen molar-refractivity contribution in [2.75, 3.05) is 6.54 Å². The molecule has 0 aliphatic heterocycles. The van der Waals surface area contributed by atoms with E-state index in [0.29, 0.717) is 6.54 Å². The molecule has 0 atom stereocenters. The number of nitrogens with zero attached hydrogens (tertiary/aromatic N) is 1. The molecule has 0 fully saturated rings. The average molecular weight is 289 g/mol. The molecule has 0 aliphatic carbocycles. The minimum atomic E-state index is 0.647. The molecular formula is C19H31NO. The third kappa shape index (κ3) is 18.6. The van der Waals surface area contributed by atoms with Gasteiger partial charge < -0.3 is 0 Å². The first-order valence-electron chi connectivity index (χ1n) is 8.40. The lowest BCUT2D eigenvalue weighted by atomic mass is 10.1. The molecule has 0 saturated heterocycles. The van der Waals surface area contributed by atoms with E-state index in [9.17, 15) is 4.79 Å². The summed E-state index contributed by atoms with van der Waals surface area (Å²) in [6, 6.07) is 0. The molecule has 0 saturated carbocycles. The number of allylic oxidation sites excluding steroid dienone is 6. The highest BCUT2D eigenvalue weighted by atomic mass is 16.1. The van der Waals surface area contributed by atoms with Crippen molar-refractivity contribution >= 4 is 6.08 Å². The highest BCUT2D eigenvalue weighted by molar-refractivity contribution is 5.32. The Labute approximate surface area is 130 Å². The summed E-state index contributed by atoms with van der Waals surface area (Å²) in [5, 5.41) is 0. The molecule has 118 valence electrons. The third-order valence-electron chi connectivity index (χ3n) is 3.24. The predicted octanol–water partition coefficient (Wildman–Crippen LogP) is 5.91. The molecule has 0 aromatic rings. The van der Waals surface area contributed by atoms with Gasteiger partial charge in [0.15, 0.2) is 0 Å². The van der Waals surface area contributed by atoms with Gasteiger partial charge in [0.25, 0.3) is 0 Å². The number of isocyanates is 1. The van der Waals surface area contributed by atoms with E-state index in [-0.39, 0.29) is 0 Å². The van der Waals surface area contributed by atoms with Gasteiger partial charge in [-0.2, -0.15) is 0 Å². The summed E-state index contributed by atoms with van der Waals surface area (Å²) in [6.45, 7) is 2.80. The lowest BCUT2D eigenvalue weighted by Crippen LogP contribution is -1.83. The lowest BCUT2D eigenvalue weighted by Gasteiger charge is -1.98. The highest BCUT2D eigenvalue weighted by Crippen LogP contribution is 2.07. The van der Waals surface area contributed by atoms with Crippen LogP contribution in [0.5, 0.6) is 0 Å². The Morgan fingerprint density at radius 2 is 1.33 bits per heavy atom. The zero-order valence-electron chi connectivity index (χ0n) is 13.6. The van der Waals surface area contributed by atoms with E-state index in [2.05, 4.69) is 48.4 Å². The van der Waals surface area contributed by atoms with Gasteiger partial charge in [0.05, 0.1) is 6.54 Å². The molecule has 0 spiro atoms. The Balaban J connectivity index is 3.21. The molecule has 21 heavy (non-hydrogen) atoms. The molecule has 0 aromatic carbocycles. The summed E-state index contributed by atoms with van der Waals surface area (Å²) in [4.78, 5) is 13.4. The SMILES string of the molecule is CC/C=C\C/C=C\C/C=C\CCCCCCCCN=C=O. The average Bonchev–Trinajstić information content (AvgIpc) is 2.50. The highest BCUT2D eigenvalue weighted by Gasteiger charge is 1.90. The number of aliphatic imine (C=N–C) groups is 1. The van der Waals surface area contributed by atoms with Crippen LogP contribution in [0.3, 0.4) is 0 Å². The Hall–Kier alpha value is -1.40. The smallest absolute Gasteiger partial charge is 0.211 e. The second-order valence-electron chi connectivity index (χ2n) is 5.18. The molecular weight excluding hydrogens is 258 g/mol. The number of carbonyl (C=O) groups excluding carboxylic acids is 1. The van der Waals surface area contributed by atoms with E-state index in [1.54, 1.807) is 6.08 Å². The van der Waals surface area contributed by atoms with Crippen LogP contribution < -0.4 is 0 Å². The summed E-state index contributed by atoms with van der Waals surface area (Å²) in [5.41, 5.74) is 0. The van der Waals surface area contributed by atoms with Crippen LogP contribution in [0.1, 0.15) is 71.1 Å². The van der Waals surface area contributed by atoms with Gasteiger partial charge in [-0.25, -0.2) is 9.79 Å². The van der Waals surface area contributed by atoms with Crippen molar-refractivity contribution in [3.63, 3.8) is 0 Å². The number of unbranched alkanes of at least 4 members (excludes halogenated alkanes) is 6. The second-order valence-corrected chi connectivity index (χ2v) is 5.18. The summed E-state index contributed by atoms with van der Waals surface area (Å²) in [7, 11) is 0. The molecule has 2 heteroatoms. The van der Waals surface area contributed by atoms with Crippen molar-refractivity contribution in [3.05, 3.63) is 36.5 Å². The topological polar surface area (TPSA) is 29.4 Å². The van der Waals surface area contributed by atoms with E-state index < -0.39 is 0 Å².